The molecule has 0 amide bonds. The SMILES string of the molecule is CCc1cc(F)c(Cl)cc1N. The van der Waals surface area contributed by atoms with Crippen LogP contribution in [0.1, 0.15) is 12.5 Å². The predicted molar refractivity (Wildman–Crippen MR) is 45.2 cm³/mol. The van der Waals surface area contributed by atoms with Gasteiger partial charge < -0.3 is 5.73 Å². The Kier molecular flexibility index (Phi) is 2.35. The molecular formula is C8H9ClFN. The summed E-state index contributed by atoms with van der Waals surface area (Å²) in [6, 6.07) is 2.81. The molecule has 1 aromatic carbocycles. The van der Waals surface area contributed by atoms with E-state index in [-0.39, 0.29) is 5.02 Å². The summed E-state index contributed by atoms with van der Waals surface area (Å²) in [6.07, 6.45) is 0.722. The molecule has 0 saturated heterocycles. The zero-order chi connectivity index (χ0) is 8.43. The van der Waals surface area contributed by atoms with Crippen molar-refractivity contribution < 1.29 is 4.39 Å². The van der Waals surface area contributed by atoms with Gasteiger partial charge in [0.2, 0.25) is 0 Å². The van der Waals surface area contributed by atoms with Gasteiger partial charge >= 0.3 is 0 Å². The minimum Gasteiger partial charge on any atom is -0.398 e. The van der Waals surface area contributed by atoms with Gasteiger partial charge in [-0.2, -0.15) is 0 Å². The summed E-state index contributed by atoms with van der Waals surface area (Å²) < 4.78 is 12.8. The Bertz CT molecular complexity index is 273. The van der Waals surface area contributed by atoms with Crippen LogP contribution in [0.5, 0.6) is 0 Å². The Morgan fingerprint density at radius 1 is 1.55 bits per heavy atom. The zero-order valence-corrected chi connectivity index (χ0v) is 6.95. The summed E-state index contributed by atoms with van der Waals surface area (Å²) in [5, 5.41) is 0.0831. The average Bonchev–Trinajstić information content (AvgIpc) is 1.97. The molecule has 0 atom stereocenters. The molecule has 0 heterocycles. The summed E-state index contributed by atoms with van der Waals surface area (Å²) in [7, 11) is 0. The molecule has 0 bridgehead atoms. The second-order valence-corrected chi connectivity index (χ2v) is 2.73. The van der Waals surface area contributed by atoms with Gasteiger partial charge in [0.1, 0.15) is 5.82 Å². The molecule has 0 spiro atoms. The topological polar surface area (TPSA) is 26.0 Å². The van der Waals surface area contributed by atoms with Crippen LogP contribution in [0.3, 0.4) is 0 Å². The Hall–Kier alpha value is -0.760. The maximum atomic E-state index is 12.8. The van der Waals surface area contributed by atoms with Gasteiger partial charge in [-0.25, -0.2) is 4.39 Å². The van der Waals surface area contributed by atoms with Gasteiger partial charge in [-0.3, -0.25) is 0 Å². The van der Waals surface area contributed by atoms with Crippen molar-refractivity contribution in [1.82, 2.24) is 0 Å². The number of benzene rings is 1. The lowest BCUT2D eigenvalue weighted by Crippen LogP contribution is -1.94. The van der Waals surface area contributed by atoms with Crippen LogP contribution in [-0.4, -0.2) is 0 Å². The van der Waals surface area contributed by atoms with Crippen LogP contribution in [0.2, 0.25) is 5.02 Å². The maximum Gasteiger partial charge on any atom is 0.142 e. The van der Waals surface area contributed by atoms with Gasteiger partial charge in [0.25, 0.3) is 0 Å². The quantitative estimate of drug-likeness (QED) is 0.650. The van der Waals surface area contributed by atoms with Crippen LogP contribution < -0.4 is 5.73 Å². The fraction of sp³-hybridized carbons (Fsp3) is 0.250. The van der Waals surface area contributed by atoms with E-state index in [1.165, 1.54) is 12.1 Å². The van der Waals surface area contributed by atoms with E-state index in [2.05, 4.69) is 0 Å². The van der Waals surface area contributed by atoms with E-state index in [0.717, 1.165) is 12.0 Å². The van der Waals surface area contributed by atoms with Crippen LogP contribution in [0.25, 0.3) is 0 Å². The molecule has 11 heavy (non-hydrogen) atoms. The number of anilines is 1. The van der Waals surface area contributed by atoms with Gasteiger partial charge in [-0.15, -0.1) is 0 Å². The number of nitrogen functional groups attached to an aromatic ring is 1. The minimum atomic E-state index is -0.405. The summed E-state index contributed by atoms with van der Waals surface area (Å²) >= 11 is 5.49. The Morgan fingerprint density at radius 3 is 2.73 bits per heavy atom. The molecule has 0 aromatic heterocycles. The molecule has 1 rings (SSSR count). The minimum absolute atomic E-state index is 0.0831. The summed E-state index contributed by atoms with van der Waals surface area (Å²) in [5.74, 6) is -0.405. The third kappa shape index (κ3) is 1.63. The maximum absolute atomic E-state index is 12.8. The number of aryl methyl sites for hydroxylation is 1. The molecule has 0 aliphatic rings. The largest absolute Gasteiger partial charge is 0.398 e. The first-order chi connectivity index (χ1) is 5.15. The van der Waals surface area contributed by atoms with Crippen LogP contribution in [0, 0.1) is 5.82 Å². The van der Waals surface area contributed by atoms with Crippen molar-refractivity contribution in [3.8, 4) is 0 Å². The van der Waals surface area contributed by atoms with E-state index in [0.29, 0.717) is 5.69 Å². The average molecular weight is 174 g/mol. The van der Waals surface area contributed by atoms with E-state index in [4.69, 9.17) is 17.3 Å². The molecule has 1 nitrogen and oxygen atoms in total. The first kappa shape index (κ1) is 8.34. The summed E-state index contributed by atoms with van der Waals surface area (Å²) in [4.78, 5) is 0. The molecule has 3 heteroatoms. The molecule has 0 unspecified atom stereocenters. The lowest BCUT2D eigenvalue weighted by Gasteiger charge is -2.03. The second kappa shape index (κ2) is 3.09. The van der Waals surface area contributed by atoms with Gasteiger partial charge in [-0.1, -0.05) is 18.5 Å². The third-order valence-corrected chi connectivity index (χ3v) is 1.85. The van der Waals surface area contributed by atoms with Gasteiger partial charge in [0.15, 0.2) is 0 Å². The van der Waals surface area contributed by atoms with Crippen LogP contribution in [-0.2, 0) is 6.42 Å². The standard InChI is InChI=1S/C8H9ClFN/c1-2-5-3-7(10)6(9)4-8(5)11/h3-4H,2,11H2,1H3. The predicted octanol–water partition coefficient (Wildman–Crippen LogP) is 2.62. The first-order valence-corrected chi connectivity index (χ1v) is 3.76. The highest BCUT2D eigenvalue weighted by Crippen LogP contribution is 2.21. The van der Waals surface area contributed by atoms with Crippen molar-refractivity contribution in [2.45, 2.75) is 13.3 Å². The Morgan fingerprint density at radius 2 is 2.18 bits per heavy atom. The summed E-state index contributed by atoms with van der Waals surface area (Å²) in [5.41, 5.74) is 6.90. The Labute approximate surface area is 70.0 Å². The van der Waals surface area contributed by atoms with E-state index in [1.807, 2.05) is 6.92 Å². The summed E-state index contributed by atoms with van der Waals surface area (Å²) in [6.45, 7) is 1.92. The fourth-order valence-electron chi connectivity index (χ4n) is 0.910. The molecule has 2 N–H and O–H groups in total. The molecular weight excluding hydrogens is 165 g/mol. The van der Waals surface area contributed by atoms with Crippen LogP contribution >= 0.6 is 11.6 Å². The highest BCUT2D eigenvalue weighted by Gasteiger charge is 2.03. The zero-order valence-electron chi connectivity index (χ0n) is 6.20. The van der Waals surface area contributed by atoms with Gasteiger partial charge in [0, 0.05) is 5.69 Å². The highest BCUT2D eigenvalue weighted by atomic mass is 35.5. The first-order valence-electron chi connectivity index (χ1n) is 3.38. The van der Waals surface area contributed by atoms with Crippen LogP contribution in [0.15, 0.2) is 12.1 Å². The number of hydrogen-bond donors (Lipinski definition) is 1. The number of halogens is 2. The number of nitrogens with two attached hydrogens (primary N) is 1. The van der Waals surface area contributed by atoms with E-state index >= 15 is 0 Å². The molecule has 0 fully saturated rings. The van der Waals surface area contributed by atoms with Crippen molar-refractivity contribution in [2.75, 3.05) is 5.73 Å². The highest BCUT2D eigenvalue weighted by molar-refractivity contribution is 6.31. The van der Waals surface area contributed by atoms with E-state index in [9.17, 15) is 4.39 Å². The van der Waals surface area contributed by atoms with Crippen molar-refractivity contribution >= 4 is 17.3 Å². The number of hydrogen-bond acceptors (Lipinski definition) is 1. The fourth-order valence-corrected chi connectivity index (χ4v) is 1.08. The van der Waals surface area contributed by atoms with Crippen molar-refractivity contribution in [1.29, 1.82) is 0 Å². The van der Waals surface area contributed by atoms with Crippen molar-refractivity contribution in [2.24, 2.45) is 0 Å². The molecule has 1 aromatic rings. The lowest BCUT2D eigenvalue weighted by molar-refractivity contribution is 0.626. The Balaban J connectivity index is 3.21. The van der Waals surface area contributed by atoms with Crippen molar-refractivity contribution in [3.05, 3.63) is 28.5 Å². The number of rotatable bonds is 1. The lowest BCUT2D eigenvalue weighted by atomic mass is 10.1. The molecule has 0 aliphatic heterocycles. The molecule has 0 saturated carbocycles. The van der Waals surface area contributed by atoms with Crippen LogP contribution in [0.4, 0.5) is 10.1 Å². The van der Waals surface area contributed by atoms with Gasteiger partial charge in [-0.05, 0) is 24.1 Å². The van der Waals surface area contributed by atoms with E-state index < -0.39 is 5.82 Å². The smallest absolute Gasteiger partial charge is 0.142 e. The van der Waals surface area contributed by atoms with Crippen molar-refractivity contribution in [3.63, 3.8) is 0 Å². The van der Waals surface area contributed by atoms with E-state index in [1.54, 1.807) is 0 Å². The van der Waals surface area contributed by atoms with Gasteiger partial charge in [0.05, 0.1) is 5.02 Å². The molecule has 60 valence electrons. The normalized spacial score (nSPS) is 10.1. The molecule has 0 radical (unpaired) electrons. The second-order valence-electron chi connectivity index (χ2n) is 2.32. The monoisotopic (exact) mass is 173 g/mol. The third-order valence-electron chi connectivity index (χ3n) is 1.56. The molecule has 0 aliphatic carbocycles.